The zero-order valence-electron chi connectivity index (χ0n) is 10.2. The molecule has 1 unspecified atom stereocenters. The summed E-state index contributed by atoms with van der Waals surface area (Å²) < 4.78 is 39.5. The van der Waals surface area contributed by atoms with E-state index in [0.717, 1.165) is 6.42 Å². The van der Waals surface area contributed by atoms with Gasteiger partial charge >= 0.3 is 10.4 Å². The predicted molar refractivity (Wildman–Crippen MR) is 63.7 cm³/mol. The number of unbranched alkanes of at least 4 members (excludes halogenated alkanes) is 1. The van der Waals surface area contributed by atoms with Crippen molar-refractivity contribution in [1.82, 2.24) is 5.06 Å². The van der Waals surface area contributed by atoms with Crippen LogP contribution in [0.1, 0.15) is 19.8 Å². The molecule has 1 atom stereocenters. The maximum Gasteiger partial charge on any atom is 0.446 e. The predicted octanol–water partition coefficient (Wildman–Crippen LogP) is -0.904. The molecule has 1 heterocycles. The summed E-state index contributed by atoms with van der Waals surface area (Å²) in [5.41, 5.74) is 10.8. The second kappa shape index (κ2) is 6.06. The van der Waals surface area contributed by atoms with Gasteiger partial charge < -0.3 is 20.4 Å². The second-order valence-electron chi connectivity index (χ2n) is 3.64. The van der Waals surface area contributed by atoms with Crippen molar-refractivity contribution >= 4 is 16.4 Å². The third kappa shape index (κ3) is 4.24. The molecule has 0 bridgehead atoms. The van der Waals surface area contributed by atoms with E-state index in [1.165, 1.54) is 0 Å². The first kappa shape index (κ1) is 15.5. The molecule has 110 valence electrons. The van der Waals surface area contributed by atoms with Crippen LogP contribution in [-0.2, 0) is 19.3 Å². The number of rotatable bonds is 6. The van der Waals surface area contributed by atoms with Crippen LogP contribution in [0.25, 0.3) is 0 Å². The van der Waals surface area contributed by atoms with Crippen molar-refractivity contribution in [3.8, 4) is 0 Å². The topological polar surface area (TPSA) is 161 Å². The molecule has 0 saturated heterocycles. The fourth-order valence-electron chi connectivity index (χ4n) is 1.21. The van der Waals surface area contributed by atoms with Crippen LogP contribution in [-0.4, -0.2) is 42.0 Å². The number of nitrogens with zero attached hydrogens (tertiary/aromatic N) is 2. The summed E-state index contributed by atoms with van der Waals surface area (Å²) in [6, 6.07) is 0. The highest BCUT2D eigenvalue weighted by Crippen LogP contribution is 2.21. The molecule has 1 aliphatic heterocycles. The van der Waals surface area contributed by atoms with Crippen molar-refractivity contribution in [1.29, 1.82) is 0 Å². The van der Waals surface area contributed by atoms with Crippen LogP contribution in [0, 0.1) is 0 Å². The standard InChI is InChI=1S/C8H16N4O6S/c1-2-3-4-17-7-5(18-19(14,15)16)6(9)12(13)8(10)11-7/h6,13H,2-4,9H2,1H3,(H2,10,11)(H,14,15,16). The van der Waals surface area contributed by atoms with Crippen molar-refractivity contribution in [2.45, 2.75) is 25.9 Å². The number of hydroxylamine groups is 2. The molecular weight excluding hydrogens is 280 g/mol. The highest BCUT2D eigenvalue weighted by Gasteiger charge is 2.33. The average molecular weight is 296 g/mol. The van der Waals surface area contributed by atoms with Crippen LogP contribution in [0.3, 0.4) is 0 Å². The van der Waals surface area contributed by atoms with Gasteiger partial charge in [0.2, 0.25) is 11.7 Å². The quantitative estimate of drug-likeness (QED) is 0.359. The second-order valence-corrected chi connectivity index (χ2v) is 4.66. The van der Waals surface area contributed by atoms with Gasteiger partial charge in [0, 0.05) is 0 Å². The van der Waals surface area contributed by atoms with Gasteiger partial charge in [-0.3, -0.25) is 9.76 Å². The van der Waals surface area contributed by atoms with Crippen molar-refractivity contribution in [2.24, 2.45) is 16.5 Å². The van der Waals surface area contributed by atoms with Crippen molar-refractivity contribution < 1.29 is 27.1 Å². The molecule has 19 heavy (non-hydrogen) atoms. The molecular formula is C8H16N4O6S. The Balaban J connectivity index is 3.04. The summed E-state index contributed by atoms with van der Waals surface area (Å²) in [6.45, 7) is 2.14. The molecule has 0 amide bonds. The van der Waals surface area contributed by atoms with Gasteiger partial charge in [-0.05, 0) is 6.42 Å². The van der Waals surface area contributed by atoms with Gasteiger partial charge in [-0.2, -0.15) is 18.5 Å². The van der Waals surface area contributed by atoms with Crippen molar-refractivity contribution in [3.05, 3.63) is 11.6 Å². The third-order valence-corrected chi connectivity index (χ3v) is 2.52. The van der Waals surface area contributed by atoms with Gasteiger partial charge in [-0.25, -0.2) is 0 Å². The summed E-state index contributed by atoms with van der Waals surface area (Å²) in [7, 11) is -4.83. The average Bonchev–Trinajstić information content (AvgIpc) is 2.30. The maximum atomic E-state index is 10.7. The van der Waals surface area contributed by atoms with Gasteiger partial charge in [-0.1, -0.05) is 13.3 Å². The van der Waals surface area contributed by atoms with Crippen LogP contribution in [0.15, 0.2) is 16.6 Å². The summed E-state index contributed by atoms with van der Waals surface area (Å²) in [4.78, 5) is 3.60. The van der Waals surface area contributed by atoms with E-state index in [4.69, 9.17) is 20.8 Å². The highest BCUT2D eigenvalue weighted by atomic mass is 32.3. The Morgan fingerprint density at radius 1 is 1.53 bits per heavy atom. The molecule has 0 saturated carbocycles. The molecule has 0 aromatic carbocycles. The molecule has 0 aromatic heterocycles. The van der Waals surface area contributed by atoms with Crippen molar-refractivity contribution in [3.63, 3.8) is 0 Å². The zero-order valence-corrected chi connectivity index (χ0v) is 11.0. The van der Waals surface area contributed by atoms with Crippen LogP contribution in [0.5, 0.6) is 0 Å². The van der Waals surface area contributed by atoms with E-state index in [1.54, 1.807) is 0 Å². The fraction of sp³-hybridized carbons (Fsp3) is 0.625. The van der Waals surface area contributed by atoms with Gasteiger partial charge in [0.1, 0.15) is 0 Å². The molecule has 11 heteroatoms. The fourth-order valence-corrected chi connectivity index (χ4v) is 1.60. The molecule has 0 aliphatic carbocycles. The monoisotopic (exact) mass is 296 g/mol. The SMILES string of the molecule is CCCCOC1=C(OS(=O)(=O)O)C(N)N(O)C(N)=N1. The molecule has 0 spiro atoms. The van der Waals surface area contributed by atoms with Crippen LogP contribution < -0.4 is 11.5 Å². The number of ether oxygens (including phenoxy) is 1. The summed E-state index contributed by atoms with van der Waals surface area (Å²) in [5, 5.41) is 9.69. The lowest BCUT2D eigenvalue weighted by molar-refractivity contribution is -0.0577. The number of guanidine groups is 1. The van der Waals surface area contributed by atoms with Gasteiger partial charge in [-0.15, -0.1) is 0 Å². The van der Waals surface area contributed by atoms with Gasteiger partial charge in [0.05, 0.1) is 6.61 Å². The number of hydrogen-bond acceptors (Lipinski definition) is 9. The molecule has 0 radical (unpaired) electrons. The molecule has 1 rings (SSSR count). The number of nitrogens with two attached hydrogens (primary N) is 2. The van der Waals surface area contributed by atoms with Crippen molar-refractivity contribution in [2.75, 3.05) is 6.61 Å². The summed E-state index contributed by atoms with van der Waals surface area (Å²) in [5.74, 6) is -1.25. The van der Waals surface area contributed by atoms with Crippen LogP contribution in [0.4, 0.5) is 0 Å². The van der Waals surface area contributed by atoms with Crippen LogP contribution >= 0.6 is 0 Å². The molecule has 0 aromatic rings. The highest BCUT2D eigenvalue weighted by molar-refractivity contribution is 7.81. The molecule has 0 fully saturated rings. The van der Waals surface area contributed by atoms with E-state index in [1.807, 2.05) is 6.92 Å². The summed E-state index contributed by atoms with van der Waals surface area (Å²) >= 11 is 0. The molecule has 10 nitrogen and oxygen atoms in total. The minimum Gasteiger partial charge on any atom is -0.475 e. The minimum atomic E-state index is -4.83. The number of aliphatic imine (C=N–C) groups is 1. The Bertz CT molecular complexity index is 487. The normalized spacial score (nSPS) is 20.3. The zero-order chi connectivity index (χ0) is 14.6. The lowest BCUT2D eigenvalue weighted by Crippen LogP contribution is -2.51. The van der Waals surface area contributed by atoms with E-state index < -0.39 is 22.3 Å². The van der Waals surface area contributed by atoms with E-state index in [2.05, 4.69) is 9.18 Å². The molecule has 6 N–H and O–H groups in total. The van der Waals surface area contributed by atoms with Gasteiger partial charge in [0.15, 0.2) is 6.17 Å². The van der Waals surface area contributed by atoms with E-state index >= 15 is 0 Å². The van der Waals surface area contributed by atoms with E-state index in [0.29, 0.717) is 6.42 Å². The first-order valence-corrected chi connectivity index (χ1v) is 6.74. The van der Waals surface area contributed by atoms with E-state index in [9.17, 15) is 13.6 Å². The Kier molecular flexibility index (Phi) is 4.94. The lowest BCUT2D eigenvalue weighted by Gasteiger charge is -2.28. The Morgan fingerprint density at radius 2 is 2.16 bits per heavy atom. The largest absolute Gasteiger partial charge is 0.475 e. The Labute approximate surface area is 110 Å². The first-order chi connectivity index (χ1) is 8.76. The number of hydrogen-bond donors (Lipinski definition) is 4. The third-order valence-electron chi connectivity index (χ3n) is 2.13. The minimum absolute atomic E-state index is 0.221. The Morgan fingerprint density at radius 3 is 2.68 bits per heavy atom. The summed E-state index contributed by atoms with van der Waals surface area (Å²) in [6.07, 6.45) is 0.0472. The maximum absolute atomic E-state index is 10.7. The van der Waals surface area contributed by atoms with Crippen LogP contribution in [0.2, 0.25) is 0 Å². The molecule has 1 aliphatic rings. The Hall–Kier alpha value is -1.56. The first-order valence-electron chi connectivity index (χ1n) is 5.38. The van der Waals surface area contributed by atoms with Gasteiger partial charge in [0.25, 0.3) is 5.88 Å². The lowest BCUT2D eigenvalue weighted by atomic mass is 10.3. The smallest absolute Gasteiger partial charge is 0.446 e. The van der Waals surface area contributed by atoms with E-state index in [-0.39, 0.29) is 23.5 Å².